The lowest BCUT2D eigenvalue weighted by molar-refractivity contribution is 0.407. The van der Waals surface area contributed by atoms with Gasteiger partial charge in [-0.25, -0.2) is 0 Å². The number of thiophene rings is 1. The molecular weight excluding hydrogens is 576 g/mol. The summed E-state index contributed by atoms with van der Waals surface area (Å²) in [6, 6.07) is 26.3. The highest BCUT2D eigenvalue weighted by atomic mass is 127. The Labute approximate surface area is 216 Å². The molecule has 0 bridgehead atoms. The number of nitrogens with one attached hydrogen (secondary N) is 1. The van der Waals surface area contributed by atoms with Gasteiger partial charge in [0, 0.05) is 22.9 Å². The predicted molar refractivity (Wildman–Crippen MR) is 151 cm³/mol. The van der Waals surface area contributed by atoms with Gasteiger partial charge in [-0.1, -0.05) is 60.2 Å². The topological polar surface area (TPSA) is 51.5 Å². The first-order chi connectivity index (χ1) is 16.4. The number of hydrogen-bond acceptors (Lipinski definition) is 4. The molecule has 0 aliphatic carbocycles. The molecular formula is C27H23INO3PS. The van der Waals surface area contributed by atoms with Gasteiger partial charge in [0.15, 0.2) is 0 Å². The maximum Gasteiger partial charge on any atom is 0.324 e. The van der Waals surface area contributed by atoms with E-state index in [4.69, 9.17) is 8.94 Å². The lowest BCUT2D eigenvalue weighted by Gasteiger charge is -2.20. The van der Waals surface area contributed by atoms with Crippen molar-refractivity contribution in [2.24, 2.45) is 0 Å². The molecule has 0 aliphatic heterocycles. The molecule has 2 heterocycles. The van der Waals surface area contributed by atoms with E-state index in [2.05, 4.69) is 64.1 Å². The van der Waals surface area contributed by atoms with Crippen LogP contribution in [0, 0.1) is 16.7 Å². The van der Waals surface area contributed by atoms with Crippen molar-refractivity contribution in [3.05, 3.63) is 92.9 Å². The number of halogens is 1. The van der Waals surface area contributed by atoms with Gasteiger partial charge in [0.2, 0.25) is 0 Å². The quantitative estimate of drug-likeness (QED) is 0.157. The van der Waals surface area contributed by atoms with E-state index < -0.39 is 7.52 Å². The van der Waals surface area contributed by atoms with Crippen LogP contribution in [0.2, 0.25) is 0 Å². The van der Waals surface area contributed by atoms with Crippen LogP contribution >= 0.6 is 41.4 Å². The number of fused-ring (bicyclic) bond motifs is 1. The van der Waals surface area contributed by atoms with Gasteiger partial charge < -0.3 is 14.0 Å². The average Bonchev–Trinajstić information content (AvgIpc) is 3.42. The Bertz CT molecular complexity index is 1500. The van der Waals surface area contributed by atoms with Gasteiger partial charge in [-0.3, -0.25) is 4.57 Å². The number of hydrogen-bond donors (Lipinski definition) is 1. The van der Waals surface area contributed by atoms with E-state index in [1.54, 1.807) is 11.3 Å². The van der Waals surface area contributed by atoms with Gasteiger partial charge in [0.05, 0.1) is 13.9 Å². The summed E-state index contributed by atoms with van der Waals surface area (Å²) in [6.45, 7) is 3.98. The second kappa shape index (κ2) is 9.34. The smallest absolute Gasteiger partial charge is 0.324 e. The zero-order valence-corrected chi connectivity index (χ0v) is 22.8. The Balaban J connectivity index is 1.42. The van der Waals surface area contributed by atoms with Crippen molar-refractivity contribution >= 4 is 63.4 Å². The molecule has 0 radical (unpaired) electrons. The molecule has 34 heavy (non-hydrogen) atoms. The molecule has 0 amide bonds. The average molecular weight is 599 g/mol. The van der Waals surface area contributed by atoms with E-state index in [1.807, 2.05) is 56.3 Å². The molecule has 1 unspecified atom stereocenters. The van der Waals surface area contributed by atoms with Crippen LogP contribution < -0.4 is 10.4 Å². The van der Waals surface area contributed by atoms with Gasteiger partial charge in [0.1, 0.15) is 11.3 Å². The van der Waals surface area contributed by atoms with Crippen LogP contribution in [-0.4, -0.2) is 7.11 Å². The minimum absolute atomic E-state index is 0.694. The van der Waals surface area contributed by atoms with Crippen LogP contribution in [-0.2, 0) is 9.09 Å². The molecule has 2 aromatic heterocycles. The van der Waals surface area contributed by atoms with Crippen molar-refractivity contribution in [3.63, 3.8) is 0 Å². The highest BCUT2D eigenvalue weighted by Gasteiger charge is 2.28. The number of benzene rings is 3. The molecule has 172 valence electrons. The summed E-state index contributed by atoms with van der Waals surface area (Å²) in [5, 5.41) is 5.00. The Morgan fingerprint density at radius 1 is 0.941 bits per heavy atom. The number of anilines is 1. The van der Waals surface area contributed by atoms with Crippen molar-refractivity contribution in [1.82, 2.24) is 0 Å². The SMILES string of the molecule is COP(=O)(Nc1cc(-c2ccc(-c3cc4ccccc4o3)cc2)sc1I)c1ccc(C)cc1C. The maximum absolute atomic E-state index is 13.7. The van der Waals surface area contributed by atoms with Crippen molar-refractivity contribution in [3.8, 4) is 21.8 Å². The van der Waals surface area contributed by atoms with Crippen LogP contribution in [0.1, 0.15) is 11.1 Å². The highest BCUT2D eigenvalue weighted by molar-refractivity contribution is 14.1. The first kappa shape index (κ1) is 23.4. The Hall–Kier alpha value is -2.38. The van der Waals surface area contributed by atoms with E-state index in [1.165, 1.54) is 7.11 Å². The maximum atomic E-state index is 13.7. The Kier molecular flexibility index (Phi) is 6.42. The monoisotopic (exact) mass is 599 g/mol. The molecule has 3 aromatic carbocycles. The van der Waals surface area contributed by atoms with Crippen LogP contribution in [0.5, 0.6) is 0 Å². The molecule has 0 spiro atoms. The lowest BCUT2D eigenvalue weighted by atomic mass is 10.1. The zero-order valence-electron chi connectivity index (χ0n) is 19.0. The molecule has 0 saturated carbocycles. The zero-order chi connectivity index (χ0) is 23.9. The second-order valence-corrected chi connectivity index (χ2v) is 13.2. The van der Waals surface area contributed by atoms with E-state index in [9.17, 15) is 4.57 Å². The predicted octanol–water partition coefficient (Wildman–Crippen LogP) is 8.63. The lowest BCUT2D eigenvalue weighted by Crippen LogP contribution is -2.16. The fourth-order valence-corrected chi connectivity index (χ4v) is 7.85. The van der Waals surface area contributed by atoms with Gasteiger partial charge in [0.25, 0.3) is 0 Å². The van der Waals surface area contributed by atoms with E-state index in [0.29, 0.717) is 5.30 Å². The molecule has 0 saturated heterocycles. The molecule has 4 nitrogen and oxygen atoms in total. The third-order valence-electron chi connectivity index (χ3n) is 5.76. The first-order valence-corrected chi connectivity index (χ1v) is 14.3. The van der Waals surface area contributed by atoms with Crippen LogP contribution in [0.3, 0.4) is 0 Å². The molecule has 5 rings (SSSR count). The van der Waals surface area contributed by atoms with Gasteiger partial charge >= 0.3 is 7.52 Å². The van der Waals surface area contributed by atoms with Crippen LogP contribution in [0.25, 0.3) is 32.7 Å². The summed E-state index contributed by atoms with van der Waals surface area (Å²) in [5.74, 6) is 0.852. The summed E-state index contributed by atoms with van der Waals surface area (Å²) in [5.41, 5.74) is 5.90. The van der Waals surface area contributed by atoms with Crippen LogP contribution in [0.4, 0.5) is 5.69 Å². The fourth-order valence-electron chi connectivity index (χ4n) is 4.01. The molecule has 0 aliphatic rings. The van der Waals surface area contributed by atoms with E-state index in [-0.39, 0.29) is 0 Å². The summed E-state index contributed by atoms with van der Waals surface area (Å²) >= 11 is 3.94. The minimum Gasteiger partial charge on any atom is -0.456 e. The van der Waals surface area contributed by atoms with Crippen molar-refractivity contribution in [2.45, 2.75) is 13.8 Å². The third kappa shape index (κ3) is 4.48. The van der Waals surface area contributed by atoms with Crippen molar-refractivity contribution in [2.75, 3.05) is 12.2 Å². The summed E-state index contributed by atoms with van der Waals surface area (Å²) in [4.78, 5) is 1.09. The van der Waals surface area contributed by atoms with Gasteiger partial charge in [-0.2, -0.15) is 0 Å². The summed E-state index contributed by atoms with van der Waals surface area (Å²) in [6.07, 6.45) is 0. The minimum atomic E-state index is -3.26. The third-order valence-corrected chi connectivity index (χ3v) is 10.2. The first-order valence-electron chi connectivity index (χ1n) is 10.8. The number of rotatable bonds is 6. The molecule has 1 atom stereocenters. The van der Waals surface area contributed by atoms with E-state index >= 15 is 0 Å². The van der Waals surface area contributed by atoms with Crippen molar-refractivity contribution < 1.29 is 13.5 Å². The Morgan fingerprint density at radius 2 is 1.68 bits per heavy atom. The fraction of sp³-hybridized carbons (Fsp3) is 0.111. The highest BCUT2D eigenvalue weighted by Crippen LogP contribution is 2.49. The Morgan fingerprint density at radius 3 is 2.38 bits per heavy atom. The second-order valence-electron chi connectivity index (χ2n) is 8.16. The van der Waals surface area contributed by atoms with Crippen molar-refractivity contribution in [1.29, 1.82) is 0 Å². The molecule has 0 fully saturated rings. The molecule has 1 N–H and O–H groups in total. The summed E-state index contributed by atoms with van der Waals surface area (Å²) < 4.78 is 26.3. The van der Waals surface area contributed by atoms with Crippen LogP contribution in [0.15, 0.2) is 83.3 Å². The van der Waals surface area contributed by atoms with Gasteiger partial charge in [-0.05, 0) is 71.8 Å². The number of furan rings is 1. The molecule has 7 heteroatoms. The standard InChI is InChI=1S/C27H23INO3PS/c1-17-8-13-25(18(2)14-17)33(30,31-3)29-22-16-26(34-27(22)28)20-11-9-19(10-12-20)24-15-21-6-4-5-7-23(21)32-24/h4-16H,1-3H3,(H,29,30). The molecule has 5 aromatic rings. The normalized spacial score (nSPS) is 13.2. The number of para-hydroxylation sites is 1. The van der Waals surface area contributed by atoms with E-state index in [0.717, 1.165) is 52.4 Å². The number of aryl methyl sites for hydroxylation is 2. The van der Waals surface area contributed by atoms with Gasteiger partial charge in [-0.15, -0.1) is 11.3 Å². The summed E-state index contributed by atoms with van der Waals surface area (Å²) in [7, 11) is -1.77. The largest absolute Gasteiger partial charge is 0.456 e.